The van der Waals surface area contributed by atoms with Crippen LogP contribution in [0.4, 0.5) is 0 Å². The maximum absolute atomic E-state index is 4.24. The normalized spacial score (nSPS) is 13.0. The lowest BCUT2D eigenvalue weighted by atomic mass is 10.1. The van der Waals surface area contributed by atoms with Crippen molar-refractivity contribution in [3.63, 3.8) is 0 Å². The van der Waals surface area contributed by atoms with Crippen LogP contribution in [0.5, 0.6) is 0 Å². The van der Waals surface area contributed by atoms with Crippen molar-refractivity contribution in [2.24, 2.45) is 7.05 Å². The Morgan fingerprint density at radius 1 is 1.57 bits per heavy atom. The lowest BCUT2D eigenvalue weighted by Crippen LogP contribution is -2.21. The monoisotopic (exact) mass is 208 g/mol. The molecule has 0 aromatic carbocycles. The van der Waals surface area contributed by atoms with Crippen LogP contribution in [0.15, 0.2) is 23.2 Å². The van der Waals surface area contributed by atoms with Gasteiger partial charge in [-0.2, -0.15) is 16.4 Å². The predicted molar refractivity (Wildman–Crippen MR) is 56.2 cm³/mol. The van der Waals surface area contributed by atoms with Crippen molar-refractivity contribution in [1.82, 2.24) is 20.1 Å². The predicted octanol–water partition coefficient (Wildman–Crippen LogP) is 1.19. The van der Waals surface area contributed by atoms with Gasteiger partial charge in [0.25, 0.3) is 0 Å². The van der Waals surface area contributed by atoms with Gasteiger partial charge >= 0.3 is 0 Å². The van der Waals surface area contributed by atoms with Gasteiger partial charge in [-0.25, -0.2) is 4.98 Å². The van der Waals surface area contributed by atoms with Crippen LogP contribution < -0.4 is 5.32 Å². The maximum atomic E-state index is 4.24. The number of hydrogen-bond donors (Lipinski definition) is 1. The Hall–Kier alpha value is -1.20. The first-order chi connectivity index (χ1) is 6.83. The second-order valence-corrected chi connectivity index (χ2v) is 3.80. The molecule has 0 amide bonds. The second kappa shape index (κ2) is 3.89. The van der Waals surface area contributed by atoms with Crippen LogP contribution in [0, 0.1) is 0 Å². The van der Waals surface area contributed by atoms with Crippen LogP contribution in [0.25, 0.3) is 0 Å². The van der Waals surface area contributed by atoms with Crippen molar-refractivity contribution in [2.45, 2.75) is 6.04 Å². The topological polar surface area (TPSA) is 42.7 Å². The summed E-state index contributed by atoms with van der Waals surface area (Å²) in [5.41, 5.74) is 1.23. The molecule has 0 aliphatic rings. The minimum Gasteiger partial charge on any atom is -0.307 e. The summed E-state index contributed by atoms with van der Waals surface area (Å²) in [6, 6.07) is 2.23. The minimum atomic E-state index is 0.133. The molecule has 0 aliphatic carbocycles. The Morgan fingerprint density at radius 2 is 2.43 bits per heavy atom. The van der Waals surface area contributed by atoms with E-state index in [4.69, 9.17) is 0 Å². The van der Waals surface area contributed by atoms with E-state index in [1.807, 2.05) is 14.1 Å². The van der Waals surface area contributed by atoms with Crippen molar-refractivity contribution in [3.8, 4) is 0 Å². The molecular formula is C9H12N4S. The Bertz CT molecular complexity index is 393. The van der Waals surface area contributed by atoms with Crippen molar-refractivity contribution >= 4 is 11.3 Å². The number of aryl methyl sites for hydroxylation is 1. The molecule has 4 nitrogen and oxygen atoms in total. The number of aromatic nitrogens is 3. The third-order valence-corrected chi connectivity index (χ3v) is 2.87. The zero-order valence-electron chi connectivity index (χ0n) is 8.14. The largest absolute Gasteiger partial charge is 0.307 e. The fourth-order valence-corrected chi connectivity index (χ4v) is 2.14. The highest BCUT2D eigenvalue weighted by Gasteiger charge is 2.16. The number of nitrogens with one attached hydrogen (secondary N) is 1. The van der Waals surface area contributed by atoms with Gasteiger partial charge in [-0.1, -0.05) is 0 Å². The molecule has 2 rings (SSSR count). The molecular weight excluding hydrogens is 196 g/mol. The molecule has 0 spiro atoms. The summed E-state index contributed by atoms with van der Waals surface area (Å²) in [6.45, 7) is 0. The maximum Gasteiger partial charge on any atom is 0.148 e. The first-order valence-corrected chi connectivity index (χ1v) is 5.30. The van der Waals surface area contributed by atoms with Gasteiger partial charge in [-0.05, 0) is 29.4 Å². The second-order valence-electron chi connectivity index (χ2n) is 3.02. The molecule has 1 N–H and O–H groups in total. The number of hydrogen-bond acceptors (Lipinski definition) is 4. The van der Waals surface area contributed by atoms with Gasteiger partial charge < -0.3 is 5.32 Å². The summed E-state index contributed by atoms with van der Waals surface area (Å²) in [4.78, 5) is 4.24. The molecule has 2 aromatic rings. The quantitative estimate of drug-likeness (QED) is 0.823. The molecule has 0 saturated carbocycles. The van der Waals surface area contributed by atoms with E-state index in [0.717, 1.165) is 5.82 Å². The molecule has 0 radical (unpaired) electrons. The summed E-state index contributed by atoms with van der Waals surface area (Å²) in [7, 11) is 3.83. The van der Waals surface area contributed by atoms with E-state index in [1.54, 1.807) is 22.3 Å². The molecule has 0 bridgehead atoms. The first-order valence-electron chi connectivity index (χ1n) is 4.36. The average molecular weight is 208 g/mol. The molecule has 0 aliphatic heterocycles. The van der Waals surface area contributed by atoms with Gasteiger partial charge in [-0.15, -0.1) is 0 Å². The average Bonchev–Trinajstić information content (AvgIpc) is 2.80. The van der Waals surface area contributed by atoms with E-state index < -0.39 is 0 Å². The van der Waals surface area contributed by atoms with Gasteiger partial charge in [0.05, 0.1) is 6.04 Å². The van der Waals surface area contributed by atoms with Crippen molar-refractivity contribution < 1.29 is 0 Å². The van der Waals surface area contributed by atoms with Crippen LogP contribution in [0.1, 0.15) is 17.4 Å². The van der Waals surface area contributed by atoms with Crippen molar-refractivity contribution in [3.05, 3.63) is 34.5 Å². The van der Waals surface area contributed by atoms with Gasteiger partial charge in [0.15, 0.2) is 0 Å². The SMILES string of the molecule is CNC(c1ccsc1)c1ncnn1C. The molecule has 1 atom stereocenters. The first kappa shape index (κ1) is 9.36. The zero-order chi connectivity index (χ0) is 9.97. The van der Waals surface area contributed by atoms with Crippen LogP contribution in [-0.4, -0.2) is 21.8 Å². The fourth-order valence-electron chi connectivity index (χ4n) is 1.45. The highest BCUT2D eigenvalue weighted by Crippen LogP contribution is 2.21. The lowest BCUT2D eigenvalue weighted by Gasteiger charge is -2.13. The van der Waals surface area contributed by atoms with Gasteiger partial charge in [0, 0.05) is 7.05 Å². The summed E-state index contributed by atoms with van der Waals surface area (Å²) in [5.74, 6) is 0.936. The molecule has 14 heavy (non-hydrogen) atoms. The van der Waals surface area contributed by atoms with Crippen molar-refractivity contribution in [1.29, 1.82) is 0 Å². The number of nitrogens with zero attached hydrogens (tertiary/aromatic N) is 3. The summed E-state index contributed by atoms with van der Waals surface area (Å²) < 4.78 is 1.79. The molecule has 2 aromatic heterocycles. The van der Waals surface area contributed by atoms with E-state index in [2.05, 4.69) is 32.2 Å². The Balaban J connectivity index is 2.36. The van der Waals surface area contributed by atoms with E-state index in [1.165, 1.54) is 5.56 Å². The van der Waals surface area contributed by atoms with E-state index in [9.17, 15) is 0 Å². The van der Waals surface area contributed by atoms with Crippen LogP contribution >= 0.6 is 11.3 Å². The highest BCUT2D eigenvalue weighted by atomic mass is 32.1. The van der Waals surface area contributed by atoms with Gasteiger partial charge in [-0.3, -0.25) is 4.68 Å². The molecule has 74 valence electrons. The third-order valence-electron chi connectivity index (χ3n) is 2.17. The smallest absolute Gasteiger partial charge is 0.148 e. The van der Waals surface area contributed by atoms with Crippen LogP contribution in [-0.2, 0) is 7.05 Å². The summed E-state index contributed by atoms with van der Waals surface area (Å²) in [6.07, 6.45) is 1.58. The lowest BCUT2D eigenvalue weighted by molar-refractivity contribution is 0.592. The summed E-state index contributed by atoms with van der Waals surface area (Å²) in [5, 5.41) is 11.5. The minimum absolute atomic E-state index is 0.133. The fraction of sp³-hybridized carbons (Fsp3) is 0.333. The molecule has 1 unspecified atom stereocenters. The van der Waals surface area contributed by atoms with Gasteiger partial charge in [0.1, 0.15) is 12.2 Å². The zero-order valence-corrected chi connectivity index (χ0v) is 8.95. The third kappa shape index (κ3) is 1.56. The standard InChI is InChI=1S/C9H12N4S/c1-10-8(7-3-4-14-5-7)9-11-6-12-13(9)2/h3-6,8,10H,1-2H3. The Labute approximate surface area is 86.6 Å². The molecule has 0 fully saturated rings. The van der Waals surface area contributed by atoms with E-state index >= 15 is 0 Å². The highest BCUT2D eigenvalue weighted by molar-refractivity contribution is 7.07. The Kier molecular flexibility index (Phi) is 2.60. The van der Waals surface area contributed by atoms with Crippen LogP contribution in [0.3, 0.4) is 0 Å². The molecule has 5 heteroatoms. The summed E-state index contributed by atoms with van der Waals surface area (Å²) >= 11 is 1.69. The van der Waals surface area contributed by atoms with Crippen molar-refractivity contribution in [2.75, 3.05) is 7.05 Å². The van der Waals surface area contributed by atoms with Gasteiger partial charge in [0.2, 0.25) is 0 Å². The number of rotatable bonds is 3. The van der Waals surface area contributed by atoms with Crippen LogP contribution in [0.2, 0.25) is 0 Å². The molecule has 2 heterocycles. The Morgan fingerprint density at radius 3 is 2.93 bits per heavy atom. The number of thiophene rings is 1. The van der Waals surface area contributed by atoms with E-state index in [-0.39, 0.29) is 6.04 Å². The molecule has 0 saturated heterocycles. The van der Waals surface area contributed by atoms with E-state index in [0.29, 0.717) is 0 Å².